The fraction of sp³-hybridized carbons (Fsp3) is 0.556. The van der Waals surface area contributed by atoms with Gasteiger partial charge in [0.1, 0.15) is 5.76 Å². The molecule has 0 bridgehead atoms. The van der Waals surface area contributed by atoms with Gasteiger partial charge in [-0.05, 0) is 6.92 Å². The smallest absolute Gasteiger partial charge is 0.290 e. The van der Waals surface area contributed by atoms with E-state index in [0.717, 1.165) is 4.74 Å². The zero-order valence-corrected chi connectivity index (χ0v) is 8.47. The molecule has 6 heteroatoms. The minimum Gasteiger partial charge on any atom is -0.373 e. The second kappa shape index (κ2) is 3.63. The monoisotopic (exact) mass is 211 g/mol. The quantitative estimate of drug-likeness (QED) is 0.681. The molecule has 0 amide bonds. The Balaban J connectivity index is 2.02. The summed E-state index contributed by atoms with van der Waals surface area (Å²) in [4.78, 5) is 24.7. The Labute approximate surface area is 86.2 Å². The van der Waals surface area contributed by atoms with E-state index < -0.39 is 5.56 Å². The van der Waals surface area contributed by atoms with E-state index in [2.05, 4.69) is 0 Å². The van der Waals surface area contributed by atoms with Crippen molar-refractivity contribution in [2.75, 3.05) is 19.6 Å². The van der Waals surface area contributed by atoms with E-state index in [1.165, 1.54) is 6.07 Å². The Morgan fingerprint density at radius 1 is 1.67 bits per heavy atom. The van der Waals surface area contributed by atoms with E-state index in [-0.39, 0.29) is 18.5 Å². The molecule has 0 unspecified atom stereocenters. The molecule has 0 radical (unpaired) electrons. The molecule has 0 spiro atoms. The maximum absolute atomic E-state index is 11.6. The van der Waals surface area contributed by atoms with Gasteiger partial charge >= 0.3 is 0 Å². The molecule has 1 aliphatic rings. The second-order valence-electron chi connectivity index (χ2n) is 3.83. The number of carbonyl (C=O) groups excluding carboxylic acids is 1. The molecule has 6 nitrogen and oxygen atoms in total. The van der Waals surface area contributed by atoms with Crippen LogP contribution in [0.2, 0.25) is 0 Å². The first-order valence-corrected chi connectivity index (χ1v) is 4.77. The first kappa shape index (κ1) is 10.1. The summed E-state index contributed by atoms with van der Waals surface area (Å²) in [6, 6.07) is 1.44. The number of hydrogen-bond acceptors (Lipinski definition) is 5. The predicted octanol–water partition coefficient (Wildman–Crippen LogP) is -0.967. The summed E-state index contributed by atoms with van der Waals surface area (Å²) in [5.41, 5.74) is 5.16. The summed E-state index contributed by atoms with van der Waals surface area (Å²) in [5, 5.41) is 0. The van der Waals surface area contributed by atoms with Gasteiger partial charge in [-0.2, -0.15) is 0 Å². The number of carbonyl (C=O) groups is 1. The molecule has 15 heavy (non-hydrogen) atoms. The molecule has 1 aromatic rings. The number of hydrogen-bond donors (Lipinski definition) is 1. The van der Waals surface area contributed by atoms with E-state index in [0.29, 0.717) is 18.8 Å². The third kappa shape index (κ3) is 2.00. The molecule has 0 aromatic carbocycles. The topological polar surface area (TPSA) is 81.5 Å². The fourth-order valence-electron chi connectivity index (χ4n) is 1.62. The summed E-state index contributed by atoms with van der Waals surface area (Å²) in [5.74, 6) is 0.0914. The van der Waals surface area contributed by atoms with Crippen LogP contribution in [0.1, 0.15) is 10.6 Å². The lowest BCUT2D eigenvalue weighted by Crippen LogP contribution is -2.57. The van der Waals surface area contributed by atoms with Gasteiger partial charge in [0.25, 0.3) is 11.5 Å². The first-order valence-electron chi connectivity index (χ1n) is 4.77. The summed E-state index contributed by atoms with van der Waals surface area (Å²) >= 11 is 0. The standard InChI is InChI=1S/C9H13N3O3/c1-6-2-8(13)12(15-6)9(14)5-11-3-7(10)4-11/h2,7H,3-5,10H2,1H3. The van der Waals surface area contributed by atoms with Crippen molar-refractivity contribution in [3.8, 4) is 0 Å². The minimum absolute atomic E-state index is 0.146. The Morgan fingerprint density at radius 2 is 2.33 bits per heavy atom. The van der Waals surface area contributed by atoms with Gasteiger partial charge in [0, 0.05) is 25.2 Å². The summed E-state index contributed by atoms with van der Waals surface area (Å²) < 4.78 is 5.76. The van der Waals surface area contributed by atoms with Gasteiger partial charge < -0.3 is 10.3 Å². The Morgan fingerprint density at radius 3 is 2.80 bits per heavy atom. The maximum atomic E-state index is 11.6. The van der Waals surface area contributed by atoms with Crippen molar-refractivity contribution < 1.29 is 9.32 Å². The molecular formula is C9H13N3O3. The van der Waals surface area contributed by atoms with Crippen LogP contribution in [-0.2, 0) is 0 Å². The normalized spacial score (nSPS) is 17.7. The van der Waals surface area contributed by atoms with Crippen LogP contribution in [0.25, 0.3) is 0 Å². The Bertz CT molecular complexity index is 428. The number of nitrogens with two attached hydrogens (primary N) is 1. The lowest BCUT2D eigenvalue weighted by atomic mass is 10.1. The van der Waals surface area contributed by atoms with Crippen molar-refractivity contribution in [2.45, 2.75) is 13.0 Å². The van der Waals surface area contributed by atoms with Crippen LogP contribution in [0.15, 0.2) is 15.4 Å². The van der Waals surface area contributed by atoms with Crippen LogP contribution in [0.5, 0.6) is 0 Å². The van der Waals surface area contributed by atoms with Crippen LogP contribution in [-0.4, -0.2) is 41.2 Å². The van der Waals surface area contributed by atoms with Gasteiger partial charge in [0.05, 0.1) is 6.54 Å². The van der Waals surface area contributed by atoms with Gasteiger partial charge in [-0.1, -0.05) is 0 Å². The molecule has 1 aliphatic heterocycles. The molecule has 2 rings (SSSR count). The van der Waals surface area contributed by atoms with Crippen LogP contribution in [0.4, 0.5) is 0 Å². The number of rotatable bonds is 2. The lowest BCUT2D eigenvalue weighted by molar-refractivity contribution is 0.0635. The van der Waals surface area contributed by atoms with Crippen LogP contribution in [0.3, 0.4) is 0 Å². The fourth-order valence-corrected chi connectivity index (χ4v) is 1.62. The van der Waals surface area contributed by atoms with E-state index in [1.54, 1.807) is 6.92 Å². The molecule has 1 fully saturated rings. The molecule has 1 aromatic heterocycles. The van der Waals surface area contributed by atoms with Gasteiger partial charge in [-0.3, -0.25) is 14.5 Å². The zero-order valence-electron chi connectivity index (χ0n) is 8.47. The molecule has 0 saturated carbocycles. The van der Waals surface area contributed by atoms with Crippen LogP contribution in [0, 0.1) is 6.92 Å². The minimum atomic E-state index is -0.415. The maximum Gasteiger partial charge on any atom is 0.290 e. The SMILES string of the molecule is Cc1cc(=O)n(C(=O)CN2CC(N)C2)o1. The lowest BCUT2D eigenvalue weighted by Gasteiger charge is -2.35. The Hall–Kier alpha value is -1.40. The predicted molar refractivity (Wildman–Crippen MR) is 52.7 cm³/mol. The van der Waals surface area contributed by atoms with Crippen LogP contribution >= 0.6 is 0 Å². The van der Waals surface area contributed by atoms with Crippen LogP contribution < -0.4 is 11.3 Å². The van der Waals surface area contributed by atoms with Gasteiger partial charge in [0.15, 0.2) is 0 Å². The first-order chi connectivity index (χ1) is 7.06. The molecule has 2 N–H and O–H groups in total. The van der Waals surface area contributed by atoms with Crippen molar-refractivity contribution in [3.05, 3.63) is 22.2 Å². The highest BCUT2D eigenvalue weighted by Crippen LogP contribution is 2.04. The average Bonchev–Trinajstić information content (AvgIpc) is 2.42. The van der Waals surface area contributed by atoms with Crippen molar-refractivity contribution in [1.29, 1.82) is 0 Å². The highest BCUT2D eigenvalue weighted by atomic mass is 16.5. The summed E-state index contributed by atoms with van der Waals surface area (Å²) in [7, 11) is 0. The molecule has 1 saturated heterocycles. The zero-order chi connectivity index (χ0) is 11.0. The summed E-state index contributed by atoms with van der Waals surface area (Å²) in [6.45, 7) is 3.20. The molecule has 0 atom stereocenters. The van der Waals surface area contributed by atoms with E-state index >= 15 is 0 Å². The number of aryl methyl sites for hydroxylation is 1. The molecule has 82 valence electrons. The van der Waals surface area contributed by atoms with E-state index in [4.69, 9.17) is 10.3 Å². The van der Waals surface area contributed by atoms with Gasteiger partial charge in [0.2, 0.25) is 0 Å². The largest absolute Gasteiger partial charge is 0.373 e. The van der Waals surface area contributed by atoms with E-state index in [9.17, 15) is 9.59 Å². The van der Waals surface area contributed by atoms with E-state index in [1.807, 2.05) is 4.90 Å². The number of aromatic nitrogens is 1. The highest BCUT2D eigenvalue weighted by Gasteiger charge is 2.26. The third-order valence-corrected chi connectivity index (χ3v) is 2.33. The molecular weight excluding hydrogens is 198 g/mol. The highest BCUT2D eigenvalue weighted by molar-refractivity contribution is 5.79. The third-order valence-electron chi connectivity index (χ3n) is 2.33. The second-order valence-corrected chi connectivity index (χ2v) is 3.83. The van der Waals surface area contributed by atoms with Crippen molar-refractivity contribution in [1.82, 2.24) is 9.64 Å². The Kier molecular flexibility index (Phi) is 2.45. The molecule has 2 heterocycles. The van der Waals surface area contributed by atoms with Gasteiger partial charge in [-0.15, -0.1) is 4.74 Å². The summed E-state index contributed by atoms with van der Waals surface area (Å²) in [6.07, 6.45) is 0. The van der Waals surface area contributed by atoms with Gasteiger partial charge in [-0.25, -0.2) is 0 Å². The van der Waals surface area contributed by atoms with Crippen molar-refractivity contribution >= 4 is 5.91 Å². The van der Waals surface area contributed by atoms with Crippen molar-refractivity contribution in [3.63, 3.8) is 0 Å². The number of likely N-dealkylation sites (tertiary alicyclic amines) is 1. The molecule has 0 aliphatic carbocycles. The van der Waals surface area contributed by atoms with Crippen molar-refractivity contribution in [2.24, 2.45) is 5.73 Å². The average molecular weight is 211 g/mol. The number of nitrogens with zero attached hydrogens (tertiary/aromatic N) is 2.